The predicted molar refractivity (Wildman–Crippen MR) is 99.4 cm³/mol. The van der Waals surface area contributed by atoms with Crippen molar-refractivity contribution in [3.05, 3.63) is 35.3 Å². The third-order valence-electron chi connectivity index (χ3n) is 3.90. The van der Waals surface area contributed by atoms with Gasteiger partial charge in [-0.2, -0.15) is 4.98 Å². The number of thiophene rings is 1. The summed E-state index contributed by atoms with van der Waals surface area (Å²) in [4.78, 5) is 20.1. The number of carbonyl (C=O) groups excluding carboxylic acids is 1. The fraction of sp³-hybridized carbons (Fsp3) is 0.188. The Hall–Kier alpha value is -2.95. The Morgan fingerprint density at radius 1 is 1.38 bits per heavy atom. The Balaban J connectivity index is 1.70. The van der Waals surface area contributed by atoms with E-state index in [2.05, 4.69) is 30.8 Å². The maximum atomic E-state index is 11.6. The van der Waals surface area contributed by atoms with Crippen LogP contribution in [0.1, 0.15) is 10.5 Å². The molecule has 0 saturated carbocycles. The van der Waals surface area contributed by atoms with Gasteiger partial charge < -0.3 is 21.5 Å². The number of nitrogens with zero attached hydrogens (tertiary/aromatic N) is 4. The zero-order valence-corrected chi connectivity index (χ0v) is 14.3. The summed E-state index contributed by atoms with van der Waals surface area (Å²) in [5, 5.41) is 26.6. The first kappa shape index (κ1) is 16.5. The van der Waals surface area contributed by atoms with E-state index in [9.17, 15) is 9.90 Å². The van der Waals surface area contributed by atoms with Crippen LogP contribution >= 0.6 is 11.3 Å². The summed E-state index contributed by atoms with van der Waals surface area (Å²) in [6, 6.07) is 7.80. The Bertz CT molecular complexity index is 1020. The predicted octanol–water partition coefficient (Wildman–Crippen LogP) is 0.965. The SMILES string of the molecule is NC(=O)c1nnc(N=C2CNC[C@@H]2O)nc1Nc1ccc2sccc2c1. The van der Waals surface area contributed by atoms with E-state index in [0.717, 1.165) is 15.8 Å². The molecule has 26 heavy (non-hydrogen) atoms. The quantitative estimate of drug-likeness (QED) is 0.537. The third-order valence-corrected chi connectivity index (χ3v) is 4.79. The number of aliphatic imine (C=N–C) groups is 1. The lowest BCUT2D eigenvalue weighted by Crippen LogP contribution is -2.19. The number of benzene rings is 1. The molecular weight excluding hydrogens is 354 g/mol. The molecule has 0 radical (unpaired) electrons. The second kappa shape index (κ2) is 6.75. The van der Waals surface area contributed by atoms with Crippen molar-refractivity contribution in [2.75, 3.05) is 18.4 Å². The number of amides is 1. The minimum absolute atomic E-state index is 0.0480. The molecule has 1 amide bonds. The van der Waals surface area contributed by atoms with E-state index < -0.39 is 12.0 Å². The first-order valence-corrected chi connectivity index (χ1v) is 8.73. The largest absolute Gasteiger partial charge is 0.386 e. The first-order chi connectivity index (χ1) is 12.6. The van der Waals surface area contributed by atoms with Crippen LogP contribution in [0.3, 0.4) is 0 Å². The van der Waals surface area contributed by atoms with Crippen molar-refractivity contribution in [3.8, 4) is 0 Å². The minimum atomic E-state index is -0.745. The third kappa shape index (κ3) is 3.25. The standard InChI is InChI=1S/C16H15N7O2S/c17-14(25)13-15(19-9-1-2-12-8(5-9)3-4-26-12)21-16(23-22-13)20-10-6-18-7-11(10)24/h1-5,11,18,24H,6-7H2,(H2,17,25)(H,19,21,23)/t11-/m0/s1. The number of aromatic nitrogens is 3. The summed E-state index contributed by atoms with van der Waals surface area (Å²) in [6.07, 6.45) is -0.688. The van der Waals surface area contributed by atoms with Crippen molar-refractivity contribution in [1.29, 1.82) is 0 Å². The lowest BCUT2D eigenvalue weighted by atomic mass is 10.2. The number of rotatable bonds is 4. The average Bonchev–Trinajstić information content (AvgIpc) is 3.23. The topological polar surface area (TPSA) is 138 Å². The molecule has 0 spiro atoms. The fourth-order valence-electron chi connectivity index (χ4n) is 2.61. The van der Waals surface area contributed by atoms with Crippen LogP contribution < -0.4 is 16.4 Å². The highest BCUT2D eigenvalue weighted by Gasteiger charge is 2.21. The maximum Gasteiger partial charge on any atom is 0.273 e. The highest BCUT2D eigenvalue weighted by Crippen LogP contribution is 2.26. The molecule has 0 unspecified atom stereocenters. The average molecular weight is 369 g/mol. The highest BCUT2D eigenvalue weighted by atomic mass is 32.1. The molecule has 3 aromatic rings. The van der Waals surface area contributed by atoms with Gasteiger partial charge in [-0.15, -0.1) is 21.5 Å². The first-order valence-electron chi connectivity index (χ1n) is 7.85. The molecule has 1 saturated heterocycles. The maximum absolute atomic E-state index is 11.6. The van der Waals surface area contributed by atoms with Gasteiger partial charge in [0.15, 0.2) is 11.5 Å². The summed E-state index contributed by atoms with van der Waals surface area (Å²) in [7, 11) is 0. The Labute approximate surface area is 152 Å². The number of primary amides is 1. The Morgan fingerprint density at radius 3 is 3.04 bits per heavy atom. The van der Waals surface area contributed by atoms with Gasteiger partial charge in [-0.25, -0.2) is 4.99 Å². The van der Waals surface area contributed by atoms with E-state index in [1.54, 1.807) is 11.3 Å². The van der Waals surface area contributed by atoms with Gasteiger partial charge >= 0.3 is 0 Å². The number of nitrogens with two attached hydrogens (primary N) is 1. The van der Waals surface area contributed by atoms with Crippen LogP contribution in [-0.2, 0) is 0 Å². The summed E-state index contributed by atoms with van der Waals surface area (Å²) in [5.74, 6) is -0.528. The van der Waals surface area contributed by atoms with Crippen molar-refractivity contribution in [1.82, 2.24) is 20.5 Å². The number of hydrogen-bond acceptors (Lipinski definition) is 9. The molecule has 5 N–H and O–H groups in total. The van der Waals surface area contributed by atoms with Gasteiger partial charge in [-0.05, 0) is 35.0 Å². The van der Waals surface area contributed by atoms with Gasteiger partial charge in [0, 0.05) is 23.5 Å². The van der Waals surface area contributed by atoms with Gasteiger partial charge in [0.1, 0.15) is 6.10 Å². The van der Waals surface area contributed by atoms with Gasteiger partial charge in [0.25, 0.3) is 11.9 Å². The van der Waals surface area contributed by atoms with Crippen molar-refractivity contribution in [2.24, 2.45) is 10.7 Å². The molecule has 4 rings (SSSR count). The molecule has 132 valence electrons. The van der Waals surface area contributed by atoms with Crippen LogP contribution in [0.25, 0.3) is 10.1 Å². The van der Waals surface area contributed by atoms with Crippen LogP contribution in [0, 0.1) is 0 Å². The van der Waals surface area contributed by atoms with E-state index >= 15 is 0 Å². The molecule has 1 aliphatic rings. The van der Waals surface area contributed by atoms with Crippen LogP contribution in [0.2, 0.25) is 0 Å². The molecule has 3 heterocycles. The van der Waals surface area contributed by atoms with E-state index in [4.69, 9.17) is 5.73 Å². The molecule has 10 heteroatoms. The van der Waals surface area contributed by atoms with Crippen molar-refractivity contribution in [3.63, 3.8) is 0 Å². The number of anilines is 2. The summed E-state index contributed by atoms with van der Waals surface area (Å²) in [5.41, 5.74) is 6.55. The number of hydrogen-bond donors (Lipinski definition) is 4. The molecule has 1 aliphatic heterocycles. The van der Waals surface area contributed by atoms with E-state index in [1.165, 1.54) is 0 Å². The van der Waals surface area contributed by atoms with Crippen molar-refractivity contribution in [2.45, 2.75) is 6.10 Å². The van der Waals surface area contributed by atoms with Crippen LogP contribution in [0.15, 0.2) is 34.6 Å². The molecule has 1 atom stereocenters. The molecule has 1 fully saturated rings. The molecule has 0 bridgehead atoms. The van der Waals surface area contributed by atoms with Gasteiger partial charge in [-0.1, -0.05) is 0 Å². The Morgan fingerprint density at radius 2 is 2.27 bits per heavy atom. The number of nitrogens with one attached hydrogen (secondary N) is 2. The molecule has 0 aliphatic carbocycles. The normalized spacial score (nSPS) is 18.5. The molecule has 2 aromatic heterocycles. The number of β-amino-alcohol motifs (C(OH)–C–C–N with tert-alkyl or cyclic N) is 1. The van der Waals surface area contributed by atoms with E-state index in [-0.39, 0.29) is 17.5 Å². The van der Waals surface area contributed by atoms with Gasteiger partial charge in [-0.3, -0.25) is 4.79 Å². The van der Waals surface area contributed by atoms with E-state index in [1.807, 2.05) is 29.6 Å². The van der Waals surface area contributed by atoms with Crippen molar-refractivity contribution >= 4 is 50.5 Å². The van der Waals surface area contributed by atoms with E-state index in [0.29, 0.717) is 18.8 Å². The lowest BCUT2D eigenvalue weighted by molar-refractivity contribution is 0.0995. The summed E-state index contributed by atoms with van der Waals surface area (Å²) < 4.78 is 1.15. The molecule has 9 nitrogen and oxygen atoms in total. The zero-order chi connectivity index (χ0) is 18.1. The fourth-order valence-corrected chi connectivity index (χ4v) is 3.39. The zero-order valence-electron chi connectivity index (χ0n) is 13.5. The van der Waals surface area contributed by atoms with Crippen LogP contribution in [0.5, 0.6) is 0 Å². The van der Waals surface area contributed by atoms with Crippen LogP contribution in [0.4, 0.5) is 17.5 Å². The number of aliphatic hydroxyl groups is 1. The van der Waals surface area contributed by atoms with Gasteiger partial charge in [0.2, 0.25) is 0 Å². The molecule has 1 aromatic carbocycles. The number of fused-ring (bicyclic) bond motifs is 1. The second-order valence-corrected chi connectivity index (χ2v) is 6.67. The monoisotopic (exact) mass is 369 g/mol. The van der Waals surface area contributed by atoms with Gasteiger partial charge in [0.05, 0.1) is 5.71 Å². The minimum Gasteiger partial charge on any atom is -0.386 e. The Kier molecular flexibility index (Phi) is 4.29. The van der Waals surface area contributed by atoms with Crippen molar-refractivity contribution < 1.29 is 9.90 Å². The number of aliphatic hydroxyl groups excluding tert-OH is 1. The highest BCUT2D eigenvalue weighted by molar-refractivity contribution is 7.17. The lowest BCUT2D eigenvalue weighted by Gasteiger charge is -2.09. The molecular formula is C16H15N7O2S. The van der Waals surface area contributed by atoms with Crippen LogP contribution in [-0.4, -0.2) is 51.1 Å². The summed E-state index contributed by atoms with van der Waals surface area (Å²) >= 11 is 1.64. The summed E-state index contributed by atoms with van der Waals surface area (Å²) in [6.45, 7) is 0.872. The number of carbonyl (C=O) groups is 1. The smallest absolute Gasteiger partial charge is 0.273 e. The second-order valence-electron chi connectivity index (χ2n) is 5.72.